The Kier molecular flexibility index (Phi) is 41.2. The van der Waals surface area contributed by atoms with Crippen molar-refractivity contribution in [3.8, 4) is 0 Å². The van der Waals surface area contributed by atoms with E-state index in [2.05, 4.69) is 38.1 Å². The molecular formula is C50H82BaO8. The van der Waals surface area contributed by atoms with Gasteiger partial charge in [-0.05, 0) is 88.2 Å². The van der Waals surface area contributed by atoms with Crippen molar-refractivity contribution in [3.05, 3.63) is 71.8 Å². The number of carboxylic acid groups (broad SMARTS) is 2. The van der Waals surface area contributed by atoms with Crippen LogP contribution in [0.3, 0.4) is 0 Å². The van der Waals surface area contributed by atoms with Gasteiger partial charge in [0, 0.05) is 11.9 Å². The zero-order valence-corrected chi connectivity index (χ0v) is 41.8. The molecule has 332 valence electrons. The maximum absolute atomic E-state index is 10.5. The van der Waals surface area contributed by atoms with E-state index < -0.39 is 11.9 Å². The second-order valence-corrected chi connectivity index (χ2v) is 16.4. The second-order valence-electron chi connectivity index (χ2n) is 16.4. The van der Waals surface area contributed by atoms with Gasteiger partial charge in [0.15, 0.2) is 0 Å². The molecule has 9 heteroatoms. The van der Waals surface area contributed by atoms with E-state index >= 15 is 0 Å². The quantitative estimate of drug-likeness (QED) is 0.0501. The summed E-state index contributed by atoms with van der Waals surface area (Å²) in [6.07, 6.45) is 26.8. The number of hydrogen-bond donors (Lipinski definition) is 2. The van der Waals surface area contributed by atoms with E-state index in [-0.39, 0.29) is 86.1 Å². The number of aliphatic hydroxyl groups excluding tert-OH is 2. The second kappa shape index (κ2) is 42.1. The van der Waals surface area contributed by atoms with E-state index in [1.54, 1.807) is 0 Å². The standard InChI is InChI=1S/2C25H42O4.Ba/c2*1-2-3-4-9-16-23(26)17-12-13-19-24(18-10-6-11-20-25(27)28)29-21-22-14-7-5-8-15-22;/h2*5,7-8,14-15,23-24,26H,2-4,6,9-13,16-21H2,1H3,(H,27,28);/q;;+2/p-2. The molecule has 2 N–H and O–H groups in total. The van der Waals surface area contributed by atoms with E-state index in [1.165, 1.54) is 49.7 Å². The van der Waals surface area contributed by atoms with Gasteiger partial charge in [0.05, 0.1) is 37.6 Å². The third-order valence-corrected chi connectivity index (χ3v) is 10.9. The Labute approximate surface area is 400 Å². The summed E-state index contributed by atoms with van der Waals surface area (Å²) in [4.78, 5) is 21.1. The minimum Gasteiger partial charge on any atom is -0.550 e. The van der Waals surface area contributed by atoms with Gasteiger partial charge in [0.2, 0.25) is 0 Å². The number of benzene rings is 2. The van der Waals surface area contributed by atoms with E-state index in [4.69, 9.17) is 9.47 Å². The molecule has 4 atom stereocenters. The molecule has 0 heterocycles. The van der Waals surface area contributed by atoms with Crippen LogP contribution in [0.1, 0.15) is 205 Å². The summed E-state index contributed by atoms with van der Waals surface area (Å²) in [6.45, 7) is 5.64. The number of hydrogen-bond acceptors (Lipinski definition) is 8. The minimum absolute atomic E-state index is 0. The molecule has 8 nitrogen and oxygen atoms in total. The molecule has 59 heavy (non-hydrogen) atoms. The molecule has 0 saturated carbocycles. The van der Waals surface area contributed by atoms with E-state index in [1.807, 2.05) is 36.4 Å². The number of carbonyl (C=O) groups excluding carboxylic acids is 2. The molecule has 0 aliphatic heterocycles. The molecule has 0 saturated heterocycles. The molecular weight excluding hydrogens is 866 g/mol. The van der Waals surface area contributed by atoms with Crippen LogP contribution in [0.4, 0.5) is 0 Å². The molecule has 2 aromatic rings. The number of ether oxygens (including phenoxy) is 2. The third kappa shape index (κ3) is 38.2. The maximum atomic E-state index is 10.5. The first-order chi connectivity index (χ1) is 28.2. The molecule has 0 radical (unpaired) electrons. The van der Waals surface area contributed by atoms with Crippen molar-refractivity contribution in [2.24, 2.45) is 0 Å². The number of carboxylic acids is 2. The molecule has 0 aromatic heterocycles. The van der Waals surface area contributed by atoms with Crippen molar-refractivity contribution in [2.75, 3.05) is 0 Å². The average Bonchev–Trinajstić information content (AvgIpc) is 3.22. The summed E-state index contributed by atoms with van der Waals surface area (Å²) in [5.74, 6) is -1.93. The van der Waals surface area contributed by atoms with Crippen LogP contribution in [0.25, 0.3) is 0 Å². The molecule has 0 spiro atoms. The SMILES string of the molecule is CCCCCCC(O)CCCCC(CCCCCC(=O)[O-])OCc1ccccc1.CCCCCCC(O)CCCCC(CCCCCC(=O)[O-])OCc1ccccc1.[Ba+2]. The number of aliphatic carboxylic acids is 2. The summed E-state index contributed by atoms with van der Waals surface area (Å²) in [5, 5.41) is 41.3. The first-order valence-corrected chi connectivity index (χ1v) is 23.3. The first-order valence-electron chi connectivity index (χ1n) is 23.3. The Morgan fingerprint density at radius 3 is 1.07 bits per heavy atom. The summed E-state index contributed by atoms with van der Waals surface area (Å²) in [6, 6.07) is 20.4. The normalized spacial score (nSPS) is 13.1. The topological polar surface area (TPSA) is 139 Å². The van der Waals surface area contributed by atoms with Gasteiger partial charge in [0.1, 0.15) is 0 Å². The molecule has 2 aromatic carbocycles. The molecule has 0 aliphatic carbocycles. The van der Waals surface area contributed by atoms with Crippen molar-refractivity contribution in [1.29, 1.82) is 0 Å². The van der Waals surface area contributed by atoms with Crippen molar-refractivity contribution in [1.82, 2.24) is 0 Å². The summed E-state index contributed by atoms with van der Waals surface area (Å²) < 4.78 is 12.3. The summed E-state index contributed by atoms with van der Waals surface area (Å²) in [5.41, 5.74) is 2.36. The van der Waals surface area contributed by atoms with Gasteiger partial charge in [-0.1, -0.05) is 177 Å². The van der Waals surface area contributed by atoms with Crippen LogP contribution in [0, 0.1) is 0 Å². The largest absolute Gasteiger partial charge is 2.00 e. The summed E-state index contributed by atoms with van der Waals surface area (Å²) >= 11 is 0. The number of aliphatic hydroxyl groups is 2. The predicted molar refractivity (Wildman–Crippen MR) is 238 cm³/mol. The molecule has 4 unspecified atom stereocenters. The van der Waals surface area contributed by atoms with Crippen molar-refractivity contribution < 1.29 is 39.5 Å². The van der Waals surface area contributed by atoms with Gasteiger partial charge in [-0.2, -0.15) is 0 Å². The van der Waals surface area contributed by atoms with Crippen LogP contribution in [0.5, 0.6) is 0 Å². The Balaban J connectivity index is 0.00000112. The van der Waals surface area contributed by atoms with Crippen molar-refractivity contribution >= 4 is 60.8 Å². The fourth-order valence-corrected chi connectivity index (χ4v) is 7.24. The molecule has 0 fully saturated rings. The van der Waals surface area contributed by atoms with Gasteiger partial charge >= 0.3 is 48.9 Å². The first kappa shape index (κ1) is 57.8. The van der Waals surface area contributed by atoms with Crippen molar-refractivity contribution in [3.63, 3.8) is 0 Å². The van der Waals surface area contributed by atoms with Crippen LogP contribution in [0.15, 0.2) is 60.7 Å². The average molecular weight is 949 g/mol. The van der Waals surface area contributed by atoms with Crippen LogP contribution in [0.2, 0.25) is 0 Å². The summed E-state index contributed by atoms with van der Waals surface area (Å²) in [7, 11) is 0. The Morgan fingerprint density at radius 2 is 0.746 bits per heavy atom. The monoisotopic (exact) mass is 949 g/mol. The Hall–Kier alpha value is -1.21. The number of rotatable bonds is 38. The number of unbranched alkanes of at least 4 members (excludes halogenated alkanes) is 12. The predicted octanol–water partition coefficient (Wildman–Crippen LogP) is 9.95. The molecule has 0 bridgehead atoms. The molecule has 0 aliphatic rings. The Morgan fingerprint density at radius 1 is 0.458 bits per heavy atom. The van der Waals surface area contributed by atoms with E-state index in [0.717, 1.165) is 116 Å². The van der Waals surface area contributed by atoms with Gasteiger partial charge in [-0.3, -0.25) is 0 Å². The van der Waals surface area contributed by atoms with Crippen LogP contribution in [-0.2, 0) is 32.3 Å². The van der Waals surface area contributed by atoms with Gasteiger partial charge in [-0.15, -0.1) is 0 Å². The zero-order valence-electron chi connectivity index (χ0n) is 37.3. The van der Waals surface area contributed by atoms with E-state index in [0.29, 0.717) is 26.1 Å². The minimum atomic E-state index is -0.963. The third-order valence-electron chi connectivity index (χ3n) is 10.9. The van der Waals surface area contributed by atoms with Crippen LogP contribution >= 0.6 is 0 Å². The van der Waals surface area contributed by atoms with Crippen molar-refractivity contribution in [2.45, 2.75) is 231 Å². The van der Waals surface area contributed by atoms with Gasteiger partial charge in [0.25, 0.3) is 0 Å². The smallest absolute Gasteiger partial charge is 0.550 e. The molecule has 2 rings (SSSR count). The Bertz CT molecular complexity index is 1110. The van der Waals surface area contributed by atoms with E-state index in [9.17, 15) is 30.0 Å². The number of carbonyl (C=O) groups is 2. The fourth-order valence-electron chi connectivity index (χ4n) is 7.24. The van der Waals surface area contributed by atoms with Gasteiger partial charge < -0.3 is 39.5 Å². The van der Waals surface area contributed by atoms with Crippen LogP contribution < -0.4 is 10.2 Å². The maximum Gasteiger partial charge on any atom is 2.00 e. The zero-order chi connectivity index (χ0) is 42.3. The van der Waals surface area contributed by atoms with Crippen LogP contribution in [-0.4, -0.2) is 95.4 Å². The molecule has 0 amide bonds. The van der Waals surface area contributed by atoms with Gasteiger partial charge in [-0.25, -0.2) is 0 Å². The fraction of sp³-hybridized carbons (Fsp3) is 0.720.